The van der Waals surface area contributed by atoms with E-state index >= 15 is 0 Å². The SMILES string of the molecule is Cc1cc2cc(Nc3nc(N)c4[nH]cnc4n3)ccc2[nH]1. The standard InChI is InChI=1S/C14H13N7/c1-7-4-8-5-9(2-3-10(8)18-7)19-14-20-12(15)11-13(21-14)17-6-16-11/h2-6,18H,1H3,(H4,15,16,17,19,20,21). The number of anilines is 3. The third kappa shape index (κ3) is 1.95. The van der Waals surface area contributed by atoms with Crippen LogP contribution in [-0.2, 0) is 0 Å². The number of nitrogens with two attached hydrogens (primary N) is 1. The molecular formula is C14H13N7. The predicted octanol–water partition coefficient (Wildman–Crippen LogP) is 2.47. The van der Waals surface area contributed by atoms with E-state index in [0.29, 0.717) is 22.9 Å². The quantitative estimate of drug-likeness (QED) is 0.451. The number of hydrogen-bond donors (Lipinski definition) is 4. The maximum absolute atomic E-state index is 5.88. The van der Waals surface area contributed by atoms with Gasteiger partial charge in [-0.2, -0.15) is 9.97 Å². The van der Waals surface area contributed by atoms with Crippen LogP contribution in [0.2, 0.25) is 0 Å². The molecular weight excluding hydrogens is 266 g/mol. The number of H-pyrrole nitrogens is 2. The van der Waals surface area contributed by atoms with Crippen molar-refractivity contribution in [3.63, 3.8) is 0 Å². The number of aromatic nitrogens is 5. The second-order valence-electron chi connectivity index (χ2n) is 4.91. The number of nitrogens with zero attached hydrogens (tertiary/aromatic N) is 3. The van der Waals surface area contributed by atoms with Crippen molar-refractivity contribution in [3.8, 4) is 0 Å². The molecule has 5 N–H and O–H groups in total. The Hall–Kier alpha value is -3.09. The number of aromatic amines is 2. The molecule has 0 aliphatic carbocycles. The van der Waals surface area contributed by atoms with Crippen molar-refractivity contribution in [2.75, 3.05) is 11.1 Å². The first-order valence-electron chi connectivity index (χ1n) is 6.52. The summed E-state index contributed by atoms with van der Waals surface area (Å²) in [6.45, 7) is 2.03. The Morgan fingerprint density at radius 3 is 3.00 bits per heavy atom. The van der Waals surface area contributed by atoms with Crippen molar-refractivity contribution in [2.45, 2.75) is 6.92 Å². The van der Waals surface area contributed by atoms with Gasteiger partial charge in [-0.1, -0.05) is 0 Å². The molecule has 1 aromatic carbocycles. The first-order chi connectivity index (χ1) is 10.2. The van der Waals surface area contributed by atoms with E-state index in [4.69, 9.17) is 5.73 Å². The summed E-state index contributed by atoms with van der Waals surface area (Å²) in [5, 5.41) is 4.29. The van der Waals surface area contributed by atoms with Crippen LogP contribution in [0.15, 0.2) is 30.6 Å². The molecule has 4 rings (SSSR count). The molecule has 7 heteroatoms. The van der Waals surface area contributed by atoms with E-state index in [1.165, 1.54) is 0 Å². The van der Waals surface area contributed by atoms with Crippen LogP contribution in [0.25, 0.3) is 22.1 Å². The highest BCUT2D eigenvalue weighted by molar-refractivity contribution is 5.86. The molecule has 104 valence electrons. The molecule has 0 spiro atoms. The van der Waals surface area contributed by atoms with Gasteiger partial charge in [0.2, 0.25) is 5.95 Å². The van der Waals surface area contributed by atoms with E-state index in [9.17, 15) is 0 Å². The van der Waals surface area contributed by atoms with Crippen LogP contribution in [0.1, 0.15) is 5.69 Å². The van der Waals surface area contributed by atoms with Crippen LogP contribution in [0.4, 0.5) is 17.5 Å². The van der Waals surface area contributed by atoms with Gasteiger partial charge in [0.25, 0.3) is 0 Å². The Morgan fingerprint density at radius 2 is 2.10 bits per heavy atom. The fourth-order valence-electron chi connectivity index (χ4n) is 2.40. The van der Waals surface area contributed by atoms with Gasteiger partial charge in [-0.15, -0.1) is 0 Å². The van der Waals surface area contributed by atoms with Gasteiger partial charge in [0.05, 0.1) is 6.33 Å². The molecule has 3 aromatic heterocycles. The molecule has 0 fully saturated rings. The van der Waals surface area contributed by atoms with Crippen molar-refractivity contribution >= 4 is 39.5 Å². The van der Waals surface area contributed by atoms with Crippen LogP contribution in [-0.4, -0.2) is 24.9 Å². The molecule has 4 aromatic rings. The zero-order chi connectivity index (χ0) is 14.4. The third-order valence-electron chi connectivity index (χ3n) is 3.33. The molecule has 0 radical (unpaired) electrons. The maximum Gasteiger partial charge on any atom is 0.231 e. The van der Waals surface area contributed by atoms with E-state index < -0.39 is 0 Å². The number of rotatable bonds is 2. The van der Waals surface area contributed by atoms with E-state index in [1.807, 2.05) is 25.1 Å². The summed E-state index contributed by atoms with van der Waals surface area (Å²) < 4.78 is 0. The van der Waals surface area contributed by atoms with Gasteiger partial charge in [0.15, 0.2) is 11.5 Å². The molecule has 21 heavy (non-hydrogen) atoms. The molecule has 0 saturated carbocycles. The van der Waals surface area contributed by atoms with Gasteiger partial charge >= 0.3 is 0 Å². The summed E-state index contributed by atoms with van der Waals surface area (Å²) in [7, 11) is 0. The zero-order valence-corrected chi connectivity index (χ0v) is 11.3. The lowest BCUT2D eigenvalue weighted by Crippen LogP contribution is -2.01. The molecule has 0 atom stereocenters. The summed E-state index contributed by atoms with van der Waals surface area (Å²) in [5.74, 6) is 0.803. The Kier molecular flexibility index (Phi) is 2.34. The minimum absolute atomic E-state index is 0.374. The van der Waals surface area contributed by atoms with Crippen LogP contribution < -0.4 is 11.1 Å². The summed E-state index contributed by atoms with van der Waals surface area (Å²) >= 11 is 0. The van der Waals surface area contributed by atoms with Crippen molar-refractivity contribution in [1.82, 2.24) is 24.9 Å². The highest BCUT2D eigenvalue weighted by Gasteiger charge is 2.08. The van der Waals surface area contributed by atoms with E-state index in [1.54, 1.807) is 6.33 Å². The van der Waals surface area contributed by atoms with Gasteiger partial charge in [-0.3, -0.25) is 0 Å². The molecule has 3 heterocycles. The van der Waals surface area contributed by atoms with Gasteiger partial charge in [0.1, 0.15) is 5.52 Å². The largest absolute Gasteiger partial charge is 0.382 e. The van der Waals surface area contributed by atoms with E-state index in [2.05, 4.69) is 36.3 Å². The molecule has 0 bridgehead atoms. The van der Waals surface area contributed by atoms with Crippen molar-refractivity contribution in [1.29, 1.82) is 0 Å². The second-order valence-corrected chi connectivity index (χ2v) is 4.91. The number of imidazole rings is 1. The number of aryl methyl sites for hydroxylation is 1. The van der Waals surface area contributed by atoms with Crippen LogP contribution in [0.5, 0.6) is 0 Å². The summed E-state index contributed by atoms with van der Waals surface area (Å²) in [5.41, 5.74) is 10.2. The molecule has 0 unspecified atom stereocenters. The normalized spacial score (nSPS) is 11.3. The van der Waals surface area contributed by atoms with Gasteiger partial charge < -0.3 is 21.0 Å². The van der Waals surface area contributed by atoms with Crippen LogP contribution in [0.3, 0.4) is 0 Å². The molecule has 0 aliphatic rings. The lowest BCUT2D eigenvalue weighted by Gasteiger charge is -2.05. The number of nitrogen functional groups attached to an aromatic ring is 1. The molecule has 0 aliphatic heterocycles. The van der Waals surface area contributed by atoms with Crippen LogP contribution in [0, 0.1) is 6.92 Å². The predicted molar refractivity (Wildman–Crippen MR) is 82.4 cm³/mol. The van der Waals surface area contributed by atoms with Gasteiger partial charge in [0, 0.05) is 22.3 Å². The monoisotopic (exact) mass is 279 g/mol. The van der Waals surface area contributed by atoms with E-state index in [-0.39, 0.29) is 0 Å². The van der Waals surface area contributed by atoms with Gasteiger partial charge in [-0.05, 0) is 31.2 Å². The molecule has 0 saturated heterocycles. The average Bonchev–Trinajstić information content (AvgIpc) is 3.03. The smallest absolute Gasteiger partial charge is 0.231 e. The van der Waals surface area contributed by atoms with Crippen LogP contribution >= 0.6 is 0 Å². The number of nitrogens with one attached hydrogen (secondary N) is 3. The zero-order valence-electron chi connectivity index (χ0n) is 11.3. The first kappa shape index (κ1) is 11.7. The summed E-state index contributed by atoms with van der Waals surface area (Å²) in [6, 6.07) is 8.10. The highest BCUT2D eigenvalue weighted by Crippen LogP contribution is 2.23. The Labute approximate surface area is 119 Å². The number of hydrogen-bond acceptors (Lipinski definition) is 5. The summed E-state index contributed by atoms with van der Waals surface area (Å²) in [4.78, 5) is 18.9. The number of fused-ring (bicyclic) bond motifs is 2. The Morgan fingerprint density at radius 1 is 1.19 bits per heavy atom. The third-order valence-corrected chi connectivity index (χ3v) is 3.33. The van der Waals surface area contributed by atoms with Gasteiger partial charge in [-0.25, -0.2) is 4.98 Å². The first-order valence-corrected chi connectivity index (χ1v) is 6.52. The fourth-order valence-corrected chi connectivity index (χ4v) is 2.40. The minimum Gasteiger partial charge on any atom is -0.382 e. The lowest BCUT2D eigenvalue weighted by molar-refractivity contribution is 1.20. The Bertz CT molecular complexity index is 950. The lowest BCUT2D eigenvalue weighted by atomic mass is 10.2. The molecule has 7 nitrogen and oxygen atoms in total. The number of benzene rings is 1. The second kappa shape index (κ2) is 4.20. The summed E-state index contributed by atoms with van der Waals surface area (Å²) in [6.07, 6.45) is 1.55. The van der Waals surface area contributed by atoms with Crippen molar-refractivity contribution < 1.29 is 0 Å². The van der Waals surface area contributed by atoms with Crippen molar-refractivity contribution in [2.24, 2.45) is 0 Å². The minimum atomic E-state index is 0.374. The average molecular weight is 279 g/mol. The molecule has 0 amide bonds. The fraction of sp³-hybridized carbons (Fsp3) is 0.0714. The van der Waals surface area contributed by atoms with Crippen molar-refractivity contribution in [3.05, 3.63) is 36.3 Å². The Balaban J connectivity index is 1.74. The topological polar surface area (TPSA) is 108 Å². The highest BCUT2D eigenvalue weighted by atomic mass is 15.2. The maximum atomic E-state index is 5.88. The van der Waals surface area contributed by atoms with E-state index in [0.717, 1.165) is 22.3 Å².